The Morgan fingerprint density at radius 1 is 0.267 bits per heavy atom. The molecule has 0 saturated heterocycles. The van der Waals surface area contributed by atoms with Crippen molar-refractivity contribution in [3.05, 3.63) is 0 Å². The van der Waals surface area contributed by atoms with Gasteiger partial charge in [-0.1, -0.05) is 129 Å². The monoisotopic (exact) mass is 424 g/mol. The quantitative estimate of drug-likeness (QED) is 0.129. The lowest BCUT2D eigenvalue weighted by molar-refractivity contribution is 0.525. The van der Waals surface area contributed by atoms with Crippen molar-refractivity contribution in [1.29, 1.82) is 0 Å². The molecule has 0 aliphatic rings. The van der Waals surface area contributed by atoms with Crippen LogP contribution < -0.4 is 10.6 Å². The Balaban J connectivity index is 2.97. The van der Waals surface area contributed by atoms with E-state index in [1.165, 1.54) is 167 Å². The summed E-state index contributed by atoms with van der Waals surface area (Å²) in [5.74, 6) is 0. The van der Waals surface area contributed by atoms with Gasteiger partial charge in [-0.25, -0.2) is 0 Å². The first-order valence-electron chi connectivity index (χ1n) is 14.3. The van der Waals surface area contributed by atoms with Crippen molar-refractivity contribution in [2.45, 2.75) is 155 Å². The van der Waals surface area contributed by atoms with Gasteiger partial charge in [-0.2, -0.15) is 0 Å². The summed E-state index contributed by atoms with van der Waals surface area (Å²) in [5, 5.41) is 7.26. The van der Waals surface area contributed by atoms with Gasteiger partial charge in [0.2, 0.25) is 0 Å². The van der Waals surface area contributed by atoms with E-state index in [1.807, 2.05) is 0 Å². The van der Waals surface area contributed by atoms with E-state index in [1.54, 1.807) is 0 Å². The third-order valence-electron chi connectivity index (χ3n) is 6.37. The molecule has 0 aromatic rings. The highest BCUT2D eigenvalue weighted by atomic mass is 14.9. The summed E-state index contributed by atoms with van der Waals surface area (Å²) in [6, 6.07) is 0. The molecule has 0 aromatic carbocycles. The fourth-order valence-electron chi connectivity index (χ4n) is 4.22. The van der Waals surface area contributed by atoms with Gasteiger partial charge in [-0.15, -0.1) is 0 Å². The lowest BCUT2D eigenvalue weighted by Crippen LogP contribution is -2.20. The Bertz CT molecular complexity index is 252. The van der Waals surface area contributed by atoms with E-state index in [4.69, 9.17) is 0 Å². The first-order valence-corrected chi connectivity index (χ1v) is 14.3. The number of unbranched alkanes of at least 4 members (excludes halogenated alkanes) is 19. The smallest absolute Gasteiger partial charge is 0.00484 e. The molecular weight excluding hydrogens is 364 g/mol. The van der Waals surface area contributed by atoms with Crippen LogP contribution in [0, 0.1) is 0 Å². The lowest BCUT2D eigenvalue weighted by Gasteiger charge is -2.07. The van der Waals surface area contributed by atoms with E-state index in [0.717, 1.165) is 0 Å². The summed E-state index contributed by atoms with van der Waals surface area (Å²) in [6.07, 6.45) is 31.3. The van der Waals surface area contributed by atoms with Crippen LogP contribution in [-0.4, -0.2) is 26.2 Å². The average molecular weight is 425 g/mol. The van der Waals surface area contributed by atoms with Gasteiger partial charge in [0.15, 0.2) is 0 Å². The SMILES string of the molecule is CCCCCCCCCCCCNCCCCNCCCCCCCCCCCC. The Morgan fingerprint density at radius 2 is 0.467 bits per heavy atom. The molecule has 0 bridgehead atoms. The topological polar surface area (TPSA) is 24.1 Å². The molecule has 0 atom stereocenters. The maximum atomic E-state index is 3.63. The molecule has 0 fully saturated rings. The maximum absolute atomic E-state index is 3.63. The van der Waals surface area contributed by atoms with E-state index in [0.29, 0.717) is 0 Å². The Morgan fingerprint density at radius 3 is 0.733 bits per heavy atom. The van der Waals surface area contributed by atoms with Gasteiger partial charge in [0.25, 0.3) is 0 Å². The molecule has 2 N–H and O–H groups in total. The van der Waals surface area contributed by atoms with E-state index in [2.05, 4.69) is 24.5 Å². The molecule has 0 rings (SSSR count). The van der Waals surface area contributed by atoms with Crippen LogP contribution in [0.1, 0.15) is 155 Å². The molecule has 0 unspecified atom stereocenters. The van der Waals surface area contributed by atoms with Crippen molar-refractivity contribution in [2.75, 3.05) is 26.2 Å². The van der Waals surface area contributed by atoms with Crippen molar-refractivity contribution in [2.24, 2.45) is 0 Å². The number of hydrogen-bond acceptors (Lipinski definition) is 2. The van der Waals surface area contributed by atoms with Gasteiger partial charge in [0.1, 0.15) is 0 Å². The molecule has 0 aliphatic heterocycles. The summed E-state index contributed by atoms with van der Waals surface area (Å²) in [4.78, 5) is 0. The first-order chi connectivity index (χ1) is 14.9. The zero-order valence-corrected chi connectivity index (χ0v) is 21.4. The second-order valence-corrected chi connectivity index (χ2v) is 9.57. The zero-order chi connectivity index (χ0) is 21.8. The zero-order valence-electron chi connectivity index (χ0n) is 21.4. The first kappa shape index (κ1) is 29.9. The van der Waals surface area contributed by atoms with E-state index in [-0.39, 0.29) is 0 Å². The summed E-state index contributed by atoms with van der Waals surface area (Å²) in [7, 11) is 0. The van der Waals surface area contributed by atoms with Crippen molar-refractivity contribution < 1.29 is 0 Å². The molecule has 0 amide bonds. The maximum Gasteiger partial charge on any atom is -0.00484 e. The van der Waals surface area contributed by atoms with Crippen LogP contribution in [0.3, 0.4) is 0 Å². The molecule has 0 aliphatic carbocycles. The van der Waals surface area contributed by atoms with E-state index in [9.17, 15) is 0 Å². The van der Waals surface area contributed by atoms with Gasteiger partial charge in [-0.3, -0.25) is 0 Å². The predicted octanol–water partition coefficient (Wildman–Crippen LogP) is 8.79. The summed E-state index contributed by atoms with van der Waals surface area (Å²) in [6.45, 7) is 9.45. The van der Waals surface area contributed by atoms with Gasteiger partial charge in [0.05, 0.1) is 0 Å². The van der Waals surface area contributed by atoms with Crippen LogP contribution in [0.4, 0.5) is 0 Å². The van der Waals surface area contributed by atoms with Crippen LogP contribution in [0.5, 0.6) is 0 Å². The van der Waals surface area contributed by atoms with Crippen LogP contribution in [0.25, 0.3) is 0 Å². The molecule has 0 spiro atoms. The van der Waals surface area contributed by atoms with E-state index < -0.39 is 0 Å². The number of nitrogens with one attached hydrogen (secondary N) is 2. The minimum atomic E-state index is 1.21. The fourth-order valence-corrected chi connectivity index (χ4v) is 4.22. The minimum Gasteiger partial charge on any atom is -0.317 e. The third kappa shape index (κ3) is 27.9. The fraction of sp³-hybridized carbons (Fsp3) is 1.00. The molecule has 0 radical (unpaired) electrons. The third-order valence-corrected chi connectivity index (χ3v) is 6.37. The van der Waals surface area contributed by atoms with Crippen molar-refractivity contribution in [1.82, 2.24) is 10.6 Å². The standard InChI is InChI=1S/C28H60N2/c1-3-5-7-9-11-13-15-17-19-21-25-29-27-23-24-28-30-26-22-20-18-16-14-12-10-8-6-4-2/h29-30H,3-28H2,1-2H3. The molecule has 182 valence electrons. The van der Waals surface area contributed by atoms with Crippen molar-refractivity contribution in [3.8, 4) is 0 Å². The number of rotatable bonds is 27. The molecule has 0 saturated carbocycles. The highest BCUT2D eigenvalue weighted by Crippen LogP contribution is 2.11. The van der Waals surface area contributed by atoms with Gasteiger partial charge in [0, 0.05) is 0 Å². The molecule has 0 heterocycles. The largest absolute Gasteiger partial charge is 0.317 e. The molecule has 2 nitrogen and oxygen atoms in total. The lowest BCUT2D eigenvalue weighted by atomic mass is 10.1. The molecular formula is C28H60N2. The number of hydrogen-bond donors (Lipinski definition) is 2. The van der Waals surface area contributed by atoms with Crippen LogP contribution in [0.2, 0.25) is 0 Å². The highest BCUT2D eigenvalue weighted by Gasteiger charge is 1.95. The average Bonchev–Trinajstić information content (AvgIpc) is 2.76. The Kier molecular flexibility index (Phi) is 28.8. The minimum absolute atomic E-state index is 1.21. The van der Waals surface area contributed by atoms with Crippen LogP contribution in [0.15, 0.2) is 0 Å². The van der Waals surface area contributed by atoms with Crippen molar-refractivity contribution in [3.63, 3.8) is 0 Å². The molecule has 0 aromatic heterocycles. The molecule has 30 heavy (non-hydrogen) atoms. The van der Waals surface area contributed by atoms with Crippen LogP contribution in [-0.2, 0) is 0 Å². The Hall–Kier alpha value is -0.0800. The van der Waals surface area contributed by atoms with E-state index >= 15 is 0 Å². The highest BCUT2D eigenvalue weighted by molar-refractivity contribution is 4.54. The van der Waals surface area contributed by atoms with Crippen molar-refractivity contribution >= 4 is 0 Å². The predicted molar refractivity (Wildman–Crippen MR) is 139 cm³/mol. The normalized spacial score (nSPS) is 11.4. The van der Waals surface area contributed by atoms with Gasteiger partial charge < -0.3 is 10.6 Å². The summed E-state index contributed by atoms with van der Waals surface area (Å²) >= 11 is 0. The second kappa shape index (κ2) is 28.9. The van der Waals surface area contributed by atoms with Gasteiger partial charge in [-0.05, 0) is 51.9 Å². The summed E-state index contributed by atoms with van der Waals surface area (Å²) in [5.41, 5.74) is 0. The Labute approximate surface area is 192 Å². The molecule has 2 heteroatoms. The van der Waals surface area contributed by atoms with Crippen LogP contribution >= 0.6 is 0 Å². The summed E-state index contributed by atoms with van der Waals surface area (Å²) < 4.78 is 0. The van der Waals surface area contributed by atoms with Gasteiger partial charge >= 0.3 is 0 Å². The second-order valence-electron chi connectivity index (χ2n) is 9.57.